The van der Waals surface area contributed by atoms with E-state index >= 15 is 0 Å². The Morgan fingerprint density at radius 3 is 2.41 bits per heavy atom. The summed E-state index contributed by atoms with van der Waals surface area (Å²) in [6.07, 6.45) is 4.49. The summed E-state index contributed by atoms with van der Waals surface area (Å²) in [7, 11) is 3.47. The van der Waals surface area contributed by atoms with Crippen molar-refractivity contribution in [1.29, 1.82) is 0 Å². The zero-order valence-corrected chi connectivity index (χ0v) is 20.2. The topological polar surface area (TPSA) is 93.2 Å². The molecule has 2 aliphatic rings. The van der Waals surface area contributed by atoms with Gasteiger partial charge in [-0.15, -0.1) is 0 Å². The molecule has 1 unspecified atom stereocenters. The van der Waals surface area contributed by atoms with Crippen LogP contribution in [0.1, 0.15) is 64.5 Å². The van der Waals surface area contributed by atoms with Gasteiger partial charge in [0.2, 0.25) is 0 Å². The van der Waals surface area contributed by atoms with Gasteiger partial charge in [-0.05, 0) is 65.5 Å². The molecule has 1 fully saturated rings. The molecule has 1 amide bonds. The molecule has 3 rings (SSSR count). The Hall–Kier alpha value is -2.64. The highest BCUT2D eigenvalue weighted by Crippen LogP contribution is 2.34. The number of carbonyl (C=O) groups excluding carboxylic acids is 1. The molecule has 8 heteroatoms. The monoisotopic (exact) mass is 446 g/mol. The van der Waals surface area contributed by atoms with Gasteiger partial charge in [-0.25, -0.2) is 4.79 Å². The number of methoxy groups -OCH3 is 1. The van der Waals surface area contributed by atoms with Gasteiger partial charge >= 0.3 is 6.09 Å². The molecule has 178 valence electrons. The minimum Gasteiger partial charge on any atom is -0.496 e. The van der Waals surface area contributed by atoms with E-state index in [4.69, 9.17) is 14.2 Å². The lowest BCUT2D eigenvalue weighted by Crippen LogP contribution is -2.47. The number of carbonyl (C=O) groups is 1. The van der Waals surface area contributed by atoms with Crippen LogP contribution >= 0.6 is 0 Å². The predicted octanol–water partition coefficient (Wildman–Crippen LogP) is 3.52. The molecule has 1 atom stereocenters. The highest BCUT2D eigenvalue weighted by molar-refractivity contribution is 5.80. The lowest BCUT2D eigenvalue weighted by atomic mass is 9.91. The maximum atomic E-state index is 12.0. The maximum Gasteiger partial charge on any atom is 0.407 e. The summed E-state index contributed by atoms with van der Waals surface area (Å²) >= 11 is 0. The molecular weight excluding hydrogens is 408 g/mol. The number of alkyl carbamates (subject to hydrolysis) is 1. The summed E-state index contributed by atoms with van der Waals surface area (Å²) < 4.78 is 16.9. The average molecular weight is 447 g/mol. The minimum atomic E-state index is -0.479. The van der Waals surface area contributed by atoms with E-state index in [-0.39, 0.29) is 18.2 Å². The van der Waals surface area contributed by atoms with E-state index in [2.05, 4.69) is 40.0 Å². The molecule has 8 nitrogen and oxygen atoms in total. The molecule has 1 aliphatic carbocycles. The normalized spacial score (nSPS) is 23.1. The smallest absolute Gasteiger partial charge is 0.407 e. The number of ether oxygens (including phenoxy) is 3. The SMILES string of the molecule is CN=C(NCc1cc2c(cc1OC)CC(C)O2)NC1CCC(NC(=O)OC(C)(C)C)CC1. The lowest BCUT2D eigenvalue weighted by molar-refractivity contribution is 0.0490. The van der Waals surface area contributed by atoms with Gasteiger partial charge in [-0.2, -0.15) is 0 Å². The molecule has 0 aromatic heterocycles. The number of aliphatic imine (C=N–C) groups is 1. The first-order chi connectivity index (χ1) is 15.2. The van der Waals surface area contributed by atoms with Gasteiger partial charge in [0.05, 0.1) is 7.11 Å². The first-order valence-electron chi connectivity index (χ1n) is 11.5. The second kappa shape index (κ2) is 10.3. The van der Waals surface area contributed by atoms with E-state index in [9.17, 15) is 4.79 Å². The number of nitrogens with zero attached hydrogens (tertiary/aromatic N) is 1. The van der Waals surface area contributed by atoms with Crippen molar-refractivity contribution in [3.05, 3.63) is 23.3 Å². The van der Waals surface area contributed by atoms with Crippen molar-refractivity contribution in [2.45, 2.75) is 90.1 Å². The van der Waals surface area contributed by atoms with Gasteiger partial charge in [0.25, 0.3) is 0 Å². The van der Waals surface area contributed by atoms with Gasteiger partial charge in [0, 0.05) is 43.2 Å². The molecule has 32 heavy (non-hydrogen) atoms. The van der Waals surface area contributed by atoms with Crippen LogP contribution in [0, 0.1) is 0 Å². The fraction of sp³-hybridized carbons (Fsp3) is 0.667. The van der Waals surface area contributed by atoms with Crippen LogP contribution in [0.2, 0.25) is 0 Å². The van der Waals surface area contributed by atoms with E-state index in [0.29, 0.717) is 12.6 Å². The molecule has 1 aromatic rings. The largest absolute Gasteiger partial charge is 0.496 e. The van der Waals surface area contributed by atoms with Crippen LogP contribution in [-0.4, -0.2) is 50.0 Å². The van der Waals surface area contributed by atoms with Crippen molar-refractivity contribution in [1.82, 2.24) is 16.0 Å². The van der Waals surface area contributed by atoms with Crippen LogP contribution in [0.3, 0.4) is 0 Å². The number of hydrogen-bond acceptors (Lipinski definition) is 5. The fourth-order valence-corrected chi connectivity index (χ4v) is 4.23. The average Bonchev–Trinajstić information content (AvgIpc) is 3.08. The van der Waals surface area contributed by atoms with E-state index < -0.39 is 5.60 Å². The molecular formula is C24H38N4O4. The molecule has 1 aromatic carbocycles. The summed E-state index contributed by atoms with van der Waals surface area (Å²) in [5.41, 5.74) is 1.75. The van der Waals surface area contributed by atoms with Crippen LogP contribution in [0.4, 0.5) is 4.79 Å². The summed E-state index contributed by atoms with van der Waals surface area (Å²) in [5, 5.41) is 9.89. The fourth-order valence-electron chi connectivity index (χ4n) is 4.23. The molecule has 1 aliphatic heterocycles. The number of hydrogen-bond donors (Lipinski definition) is 3. The Bertz CT molecular complexity index is 826. The van der Waals surface area contributed by atoms with E-state index in [1.165, 1.54) is 5.56 Å². The maximum absolute atomic E-state index is 12.0. The number of benzene rings is 1. The summed E-state index contributed by atoms with van der Waals surface area (Å²) in [6.45, 7) is 8.28. The van der Waals surface area contributed by atoms with Crippen LogP contribution in [0.5, 0.6) is 11.5 Å². The van der Waals surface area contributed by atoms with Crippen molar-refractivity contribution in [3.63, 3.8) is 0 Å². The van der Waals surface area contributed by atoms with Gasteiger partial charge in [0.15, 0.2) is 5.96 Å². The first kappa shape index (κ1) is 24.0. The molecule has 0 spiro atoms. The molecule has 0 radical (unpaired) electrons. The second-order valence-corrected chi connectivity index (χ2v) is 9.67. The van der Waals surface area contributed by atoms with E-state index in [1.807, 2.05) is 20.8 Å². The van der Waals surface area contributed by atoms with E-state index in [1.54, 1.807) is 14.2 Å². The Morgan fingerprint density at radius 2 is 1.81 bits per heavy atom. The third-order valence-corrected chi connectivity index (χ3v) is 5.76. The van der Waals surface area contributed by atoms with Crippen molar-refractivity contribution in [2.75, 3.05) is 14.2 Å². The van der Waals surface area contributed by atoms with Crippen LogP contribution in [0.15, 0.2) is 17.1 Å². The highest BCUT2D eigenvalue weighted by atomic mass is 16.6. The quantitative estimate of drug-likeness (QED) is 0.473. The minimum absolute atomic E-state index is 0.149. The predicted molar refractivity (Wildman–Crippen MR) is 126 cm³/mol. The Morgan fingerprint density at radius 1 is 1.16 bits per heavy atom. The van der Waals surface area contributed by atoms with Crippen molar-refractivity contribution in [2.24, 2.45) is 4.99 Å². The number of rotatable bonds is 5. The standard InChI is InChI=1S/C24H38N4O4/c1-15-11-16-12-20(30-6)17(13-21(16)31-15)14-26-22(25-5)27-18-7-9-19(10-8-18)28-23(29)32-24(2,3)4/h12-13,15,18-19H,7-11,14H2,1-6H3,(H,28,29)(H2,25,26,27). The third-order valence-electron chi connectivity index (χ3n) is 5.76. The lowest BCUT2D eigenvalue weighted by Gasteiger charge is -2.31. The number of fused-ring (bicyclic) bond motifs is 1. The number of nitrogens with one attached hydrogen (secondary N) is 3. The van der Waals surface area contributed by atoms with Crippen molar-refractivity contribution < 1.29 is 19.0 Å². The van der Waals surface area contributed by atoms with Crippen LogP contribution < -0.4 is 25.4 Å². The van der Waals surface area contributed by atoms with Gasteiger partial charge < -0.3 is 30.2 Å². The molecule has 0 bridgehead atoms. The van der Waals surface area contributed by atoms with Gasteiger partial charge in [-0.3, -0.25) is 4.99 Å². The zero-order valence-electron chi connectivity index (χ0n) is 20.2. The molecule has 0 saturated heterocycles. The molecule has 3 N–H and O–H groups in total. The molecule has 1 saturated carbocycles. The zero-order chi connectivity index (χ0) is 23.3. The van der Waals surface area contributed by atoms with Gasteiger partial charge in [-0.1, -0.05) is 0 Å². The van der Waals surface area contributed by atoms with Crippen LogP contribution in [0.25, 0.3) is 0 Å². The van der Waals surface area contributed by atoms with Crippen molar-refractivity contribution in [3.8, 4) is 11.5 Å². The second-order valence-electron chi connectivity index (χ2n) is 9.67. The third kappa shape index (κ3) is 6.68. The summed E-state index contributed by atoms with van der Waals surface area (Å²) in [5.74, 6) is 2.55. The van der Waals surface area contributed by atoms with Gasteiger partial charge in [0.1, 0.15) is 23.2 Å². The van der Waals surface area contributed by atoms with Crippen molar-refractivity contribution >= 4 is 12.1 Å². The Kier molecular flexibility index (Phi) is 7.74. The van der Waals surface area contributed by atoms with Crippen LogP contribution in [-0.2, 0) is 17.7 Å². The Balaban J connectivity index is 1.47. The summed E-state index contributed by atoms with van der Waals surface area (Å²) in [6, 6.07) is 4.59. The molecule has 1 heterocycles. The van der Waals surface area contributed by atoms with E-state index in [0.717, 1.165) is 55.1 Å². The number of guanidine groups is 1. The first-order valence-corrected chi connectivity index (χ1v) is 11.5. The number of amides is 1. The summed E-state index contributed by atoms with van der Waals surface area (Å²) in [4.78, 5) is 16.4. The highest BCUT2D eigenvalue weighted by Gasteiger charge is 2.26. The Labute approximate surface area is 191 Å².